The van der Waals surface area contributed by atoms with Crippen molar-refractivity contribution in [3.8, 4) is 22.8 Å². The first kappa shape index (κ1) is 16.3. The summed E-state index contributed by atoms with van der Waals surface area (Å²) in [5.74, 6) is -0.894. The predicted octanol–water partition coefficient (Wildman–Crippen LogP) is 4.32. The topological polar surface area (TPSA) is 66.2 Å². The molecule has 0 spiro atoms. The van der Waals surface area contributed by atoms with Gasteiger partial charge in [0.15, 0.2) is 5.76 Å². The van der Waals surface area contributed by atoms with Crippen LogP contribution in [0.5, 0.6) is 0 Å². The van der Waals surface area contributed by atoms with E-state index in [0.29, 0.717) is 38.7 Å². The Kier molecular flexibility index (Phi) is 3.93. The number of aromatic nitrogens is 1. The van der Waals surface area contributed by atoms with Crippen molar-refractivity contribution in [3.63, 3.8) is 0 Å². The number of hydrogen-bond donors (Lipinski definition) is 0. The molecule has 4 aromatic rings. The molecule has 4 nitrogen and oxygen atoms in total. The van der Waals surface area contributed by atoms with Crippen LogP contribution in [0.15, 0.2) is 65.1 Å². The molecule has 0 unspecified atom stereocenters. The summed E-state index contributed by atoms with van der Waals surface area (Å²) < 4.78 is 19.1. The average Bonchev–Trinajstić information content (AvgIpc) is 3.11. The van der Waals surface area contributed by atoms with Gasteiger partial charge in [0.2, 0.25) is 0 Å². The smallest absolute Gasteiger partial charge is 0.153 e. The molecule has 2 aromatic heterocycles. The number of aromatic carboxylic acids is 1. The largest absolute Gasteiger partial charge is 0.545 e. The number of benzene rings is 2. The van der Waals surface area contributed by atoms with Crippen LogP contribution in [-0.4, -0.2) is 11.0 Å². The Hall–Kier alpha value is -3.18. The lowest BCUT2D eigenvalue weighted by Crippen LogP contribution is -2.22. The number of carbonyl (C=O) groups excluding carboxylic acids is 1. The SMILES string of the molecule is O=C([O-])c1cc(-c2ccc(-c3cccc(F)c3)o2)nc2ccc(Cl)cc12. The summed E-state index contributed by atoms with van der Waals surface area (Å²) in [5.41, 5.74) is 1.33. The van der Waals surface area contributed by atoms with Crippen LogP contribution in [0.4, 0.5) is 4.39 Å². The van der Waals surface area contributed by atoms with E-state index >= 15 is 0 Å². The Bertz CT molecular complexity index is 1150. The summed E-state index contributed by atoms with van der Waals surface area (Å²) in [6, 6.07) is 15.5. The van der Waals surface area contributed by atoms with Gasteiger partial charge in [-0.05, 0) is 48.5 Å². The van der Waals surface area contributed by atoms with E-state index in [1.165, 1.54) is 24.3 Å². The normalized spacial score (nSPS) is 11.0. The van der Waals surface area contributed by atoms with Gasteiger partial charge < -0.3 is 14.3 Å². The minimum Gasteiger partial charge on any atom is -0.545 e. The third-order valence-corrected chi connectivity index (χ3v) is 4.19. The van der Waals surface area contributed by atoms with Crippen LogP contribution in [-0.2, 0) is 0 Å². The number of halogens is 2. The van der Waals surface area contributed by atoms with Gasteiger partial charge in [-0.15, -0.1) is 0 Å². The molecule has 26 heavy (non-hydrogen) atoms. The zero-order chi connectivity index (χ0) is 18.3. The Morgan fingerprint density at radius 2 is 1.85 bits per heavy atom. The van der Waals surface area contributed by atoms with Gasteiger partial charge in [-0.2, -0.15) is 0 Å². The number of rotatable bonds is 3. The van der Waals surface area contributed by atoms with Gasteiger partial charge in [-0.1, -0.05) is 23.7 Å². The molecule has 128 valence electrons. The maximum atomic E-state index is 13.4. The lowest BCUT2D eigenvalue weighted by Gasteiger charge is -2.09. The highest BCUT2D eigenvalue weighted by Crippen LogP contribution is 2.31. The molecule has 0 radical (unpaired) electrons. The molecular weight excluding hydrogens is 357 g/mol. The highest BCUT2D eigenvalue weighted by molar-refractivity contribution is 6.31. The van der Waals surface area contributed by atoms with Crippen LogP contribution in [0.25, 0.3) is 33.7 Å². The first-order chi connectivity index (χ1) is 12.5. The third kappa shape index (κ3) is 2.93. The van der Waals surface area contributed by atoms with E-state index in [1.807, 2.05) is 0 Å². The Balaban J connectivity index is 1.85. The number of carboxylic acids is 1. The van der Waals surface area contributed by atoms with Gasteiger partial charge in [0.25, 0.3) is 0 Å². The van der Waals surface area contributed by atoms with E-state index in [0.717, 1.165) is 0 Å². The summed E-state index contributed by atoms with van der Waals surface area (Å²) >= 11 is 5.95. The van der Waals surface area contributed by atoms with Crippen LogP contribution in [0.3, 0.4) is 0 Å². The maximum absolute atomic E-state index is 13.4. The molecule has 0 bridgehead atoms. The van der Waals surface area contributed by atoms with Gasteiger partial charge in [0, 0.05) is 21.5 Å². The molecule has 0 saturated heterocycles. The monoisotopic (exact) mass is 366 g/mol. The molecule has 0 saturated carbocycles. The summed E-state index contributed by atoms with van der Waals surface area (Å²) in [7, 11) is 0. The van der Waals surface area contributed by atoms with E-state index < -0.39 is 5.97 Å². The number of fused-ring (bicyclic) bond motifs is 1. The van der Waals surface area contributed by atoms with Crippen LogP contribution >= 0.6 is 11.6 Å². The lowest BCUT2D eigenvalue weighted by atomic mass is 10.1. The minimum absolute atomic E-state index is 0.0313. The fraction of sp³-hybridized carbons (Fsp3) is 0. The van der Waals surface area contributed by atoms with Gasteiger partial charge >= 0.3 is 0 Å². The van der Waals surface area contributed by atoms with E-state index in [-0.39, 0.29) is 11.4 Å². The highest BCUT2D eigenvalue weighted by Gasteiger charge is 2.13. The Labute approximate surface area is 152 Å². The first-order valence-electron chi connectivity index (χ1n) is 7.69. The van der Waals surface area contributed by atoms with Crippen molar-refractivity contribution in [1.29, 1.82) is 0 Å². The molecule has 0 fully saturated rings. The fourth-order valence-corrected chi connectivity index (χ4v) is 2.94. The second-order valence-electron chi connectivity index (χ2n) is 5.68. The Morgan fingerprint density at radius 3 is 2.62 bits per heavy atom. The highest BCUT2D eigenvalue weighted by atomic mass is 35.5. The number of carbonyl (C=O) groups is 1. The van der Waals surface area contributed by atoms with Gasteiger partial charge in [-0.25, -0.2) is 9.37 Å². The first-order valence-corrected chi connectivity index (χ1v) is 8.07. The summed E-state index contributed by atoms with van der Waals surface area (Å²) in [4.78, 5) is 16.0. The number of pyridine rings is 1. The quantitative estimate of drug-likeness (QED) is 0.541. The average molecular weight is 367 g/mol. The number of furan rings is 1. The second-order valence-corrected chi connectivity index (χ2v) is 6.11. The molecule has 0 aliphatic rings. The molecule has 0 aliphatic heterocycles. The van der Waals surface area contributed by atoms with Crippen molar-refractivity contribution in [2.24, 2.45) is 0 Å². The molecule has 2 heterocycles. The minimum atomic E-state index is -1.34. The van der Waals surface area contributed by atoms with Crippen molar-refractivity contribution in [3.05, 3.63) is 77.1 Å². The number of hydrogen-bond acceptors (Lipinski definition) is 4. The predicted molar refractivity (Wildman–Crippen MR) is 94.2 cm³/mol. The van der Waals surface area contributed by atoms with Crippen molar-refractivity contribution < 1.29 is 18.7 Å². The second kappa shape index (κ2) is 6.28. The molecule has 0 N–H and O–H groups in total. The summed E-state index contributed by atoms with van der Waals surface area (Å²) in [6.07, 6.45) is 0. The molecule has 0 amide bonds. The standard InChI is InChI=1S/C20H11ClFNO3/c21-12-4-5-16-14(9-12)15(20(24)25)10-17(23-16)19-7-6-18(26-19)11-2-1-3-13(22)8-11/h1-10H,(H,24,25)/p-1. The van der Waals surface area contributed by atoms with Crippen molar-refractivity contribution in [1.82, 2.24) is 4.98 Å². The zero-order valence-corrected chi connectivity index (χ0v) is 14.0. The molecular formula is C20H10ClFNO3-. The third-order valence-electron chi connectivity index (χ3n) is 3.96. The molecule has 2 aromatic carbocycles. The van der Waals surface area contributed by atoms with Gasteiger partial charge in [-0.3, -0.25) is 0 Å². The van der Waals surface area contributed by atoms with E-state index in [4.69, 9.17) is 16.0 Å². The van der Waals surface area contributed by atoms with Crippen LogP contribution in [0.1, 0.15) is 10.4 Å². The van der Waals surface area contributed by atoms with Crippen molar-refractivity contribution in [2.75, 3.05) is 0 Å². The number of carboxylic acid groups (broad SMARTS) is 1. The maximum Gasteiger partial charge on any atom is 0.153 e. The van der Waals surface area contributed by atoms with Crippen molar-refractivity contribution in [2.45, 2.75) is 0 Å². The number of nitrogens with zero attached hydrogens (tertiary/aromatic N) is 1. The zero-order valence-electron chi connectivity index (χ0n) is 13.2. The van der Waals surface area contributed by atoms with Crippen LogP contribution < -0.4 is 5.11 Å². The molecule has 0 atom stereocenters. The Morgan fingerprint density at radius 1 is 1.04 bits per heavy atom. The van der Waals surface area contributed by atoms with Crippen molar-refractivity contribution >= 4 is 28.5 Å². The molecule has 6 heteroatoms. The summed E-state index contributed by atoms with van der Waals surface area (Å²) in [5, 5.41) is 12.3. The van der Waals surface area contributed by atoms with Gasteiger partial charge in [0.1, 0.15) is 17.3 Å². The van der Waals surface area contributed by atoms with Crippen LogP contribution in [0, 0.1) is 5.82 Å². The fourth-order valence-electron chi connectivity index (χ4n) is 2.77. The molecule has 4 rings (SSSR count). The van der Waals surface area contributed by atoms with Crippen LogP contribution in [0.2, 0.25) is 5.02 Å². The van der Waals surface area contributed by atoms with E-state index in [2.05, 4.69) is 4.98 Å². The molecule has 0 aliphatic carbocycles. The van der Waals surface area contributed by atoms with E-state index in [1.54, 1.807) is 36.4 Å². The lowest BCUT2D eigenvalue weighted by molar-refractivity contribution is -0.254. The van der Waals surface area contributed by atoms with E-state index in [9.17, 15) is 14.3 Å². The van der Waals surface area contributed by atoms with Gasteiger partial charge in [0.05, 0.1) is 11.5 Å². The summed E-state index contributed by atoms with van der Waals surface area (Å²) in [6.45, 7) is 0.